The van der Waals surface area contributed by atoms with E-state index in [1.54, 1.807) is 0 Å². The molecule has 0 amide bonds. The number of benzene rings is 2. The zero-order chi connectivity index (χ0) is 12.0. The zero-order valence-corrected chi connectivity index (χ0v) is 10.2. The highest BCUT2D eigenvalue weighted by atomic mass is 14.6. The molecular weight excluding hydrogens is 206 g/mol. The summed E-state index contributed by atoms with van der Waals surface area (Å²) in [5.41, 5.74) is 2.25. The Hall–Kier alpha value is -1.81. The van der Waals surface area contributed by atoms with Crippen molar-refractivity contribution in [3.63, 3.8) is 0 Å². The maximum atomic E-state index is 9.35. The van der Waals surface area contributed by atoms with Crippen LogP contribution in [0, 0.1) is 24.2 Å². The summed E-state index contributed by atoms with van der Waals surface area (Å²) in [6.45, 7) is 4.26. The number of nitrogens with zero attached hydrogens (tertiary/aromatic N) is 1. The molecule has 0 aliphatic heterocycles. The highest BCUT2D eigenvalue weighted by Gasteiger charge is 2.53. The van der Waals surface area contributed by atoms with E-state index in [0.29, 0.717) is 5.92 Å². The summed E-state index contributed by atoms with van der Waals surface area (Å²) in [4.78, 5) is 0. The lowest BCUT2D eigenvalue weighted by Crippen LogP contribution is -2.05. The van der Waals surface area contributed by atoms with Crippen LogP contribution in [-0.4, -0.2) is 0 Å². The maximum Gasteiger partial charge on any atom is 0.0851 e. The molecule has 84 valence electrons. The SMILES string of the molecule is Cc1ccc2cc(C3(C#N)CC3C)ccc2c1. The first-order chi connectivity index (χ1) is 8.15. The molecule has 0 aromatic heterocycles. The first kappa shape index (κ1) is 10.4. The van der Waals surface area contributed by atoms with Gasteiger partial charge in [0.25, 0.3) is 0 Å². The molecule has 0 spiro atoms. The van der Waals surface area contributed by atoms with Crippen molar-refractivity contribution in [1.82, 2.24) is 0 Å². The lowest BCUT2D eigenvalue weighted by Gasteiger charge is -2.09. The van der Waals surface area contributed by atoms with E-state index in [1.165, 1.54) is 21.9 Å². The minimum Gasteiger partial charge on any atom is -0.197 e. The van der Waals surface area contributed by atoms with Crippen LogP contribution in [-0.2, 0) is 5.41 Å². The van der Waals surface area contributed by atoms with E-state index in [1.807, 2.05) is 0 Å². The second-order valence-corrected chi connectivity index (χ2v) is 5.25. The molecule has 1 fully saturated rings. The fraction of sp³-hybridized carbons (Fsp3) is 0.312. The van der Waals surface area contributed by atoms with Gasteiger partial charge in [0.1, 0.15) is 0 Å². The van der Waals surface area contributed by atoms with E-state index in [0.717, 1.165) is 6.42 Å². The Balaban J connectivity index is 2.16. The van der Waals surface area contributed by atoms with Crippen molar-refractivity contribution in [1.29, 1.82) is 5.26 Å². The first-order valence-corrected chi connectivity index (χ1v) is 6.08. The number of fused-ring (bicyclic) bond motifs is 1. The van der Waals surface area contributed by atoms with Gasteiger partial charge < -0.3 is 0 Å². The third kappa shape index (κ3) is 1.45. The predicted molar refractivity (Wildman–Crippen MR) is 69.8 cm³/mol. The summed E-state index contributed by atoms with van der Waals surface area (Å²) < 4.78 is 0. The van der Waals surface area contributed by atoms with Gasteiger partial charge in [-0.3, -0.25) is 0 Å². The third-order valence-corrected chi connectivity index (χ3v) is 4.02. The van der Waals surface area contributed by atoms with E-state index in [-0.39, 0.29) is 5.41 Å². The Morgan fingerprint density at radius 3 is 2.47 bits per heavy atom. The van der Waals surface area contributed by atoms with Crippen LogP contribution in [0.4, 0.5) is 0 Å². The summed E-state index contributed by atoms with van der Waals surface area (Å²) in [6, 6.07) is 15.4. The van der Waals surface area contributed by atoms with E-state index in [2.05, 4.69) is 56.3 Å². The number of aryl methyl sites for hydroxylation is 1. The van der Waals surface area contributed by atoms with Gasteiger partial charge in [0, 0.05) is 0 Å². The summed E-state index contributed by atoms with van der Waals surface area (Å²) in [5.74, 6) is 0.496. The molecule has 2 aromatic carbocycles. The number of hydrogen-bond acceptors (Lipinski definition) is 1. The fourth-order valence-corrected chi connectivity index (χ4v) is 2.69. The molecule has 3 rings (SSSR count). The van der Waals surface area contributed by atoms with Crippen LogP contribution >= 0.6 is 0 Å². The molecule has 0 N–H and O–H groups in total. The van der Waals surface area contributed by atoms with E-state index < -0.39 is 0 Å². The second kappa shape index (κ2) is 3.34. The van der Waals surface area contributed by atoms with Crippen molar-refractivity contribution >= 4 is 10.8 Å². The summed E-state index contributed by atoms with van der Waals surface area (Å²) in [6.07, 6.45) is 1.00. The van der Waals surface area contributed by atoms with Crippen molar-refractivity contribution in [2.45, 2.75) is 25.7 Å². The molecule has 1 saturated carbocycles. The Bertz CT molecular complexity index is 636. The van der Waals surface area contributed by atoms with Crippen LogP contribution in [0.1, 0.15) is 24.5 Å². The minimum atomic E-state index is -0.209. The predicted octanol–water partition coefficient (Wildman–Crippen LogP) is 3.95. The third-order valence-electron chi connectivity index (χ3n) is 4.02. The highest BCUT2D eigenvalue weighted by Crippen LogP contribution is 2.53. The van der Waals surface area contributed by atoms with Gasteiger partial charge in [-0.05, 0) is 41.7 Å². The van der Waals surface area contributed by atoms with E-state index >= 15 is 0 Å². The van der Waals surface area contributed by atoms with Gasteiger partial charge >= 0.3 is 0 Å². The lowest BCUT2D eigenvalue weighted by molar-refractivity contribution is 0.793. The molecule has 1 aliphatic rings. The van der Waals surface area contributed by atoms with Crippen LogP contribution < -0.4 is 0 Å². The average molecular weight is 221 g/mol. The number of nitriles is 1. The average Bonchev–Trinajstić information content (AvgIpc) is 3.01. The van der Waals surface area contributed by atoms with Crippen molar-refractivity contribution < 1.29 is 0 Å². The van der Waals surface area contributed by atoms with Gasteiger partial charge in [-0.15, -0.1) is 0 Å². The molecule has 1 aliphatic carbocycles. The van der Waals surface area contributed by atoms with Crippen molar-refractivity contribution in [3.05, 3.63) is 47.5 Å². The molecule has 1 heteroatoms. The molecule has 17 heavy (non-hydrogen) atoms. The molecule has 2 unspecified atom stereocenters. The molecular formula is C16H15N. The van der Waals surface area contributed by atoms with Crippen LogP contribution in [0.5, 0.6) is 0 Å². The molecule has 0 radical (unpaired) electrons. The van der Waals surface area contributed by atoms with Gasteiger partial charge in [-0.1, -0.05) is 42.8 Å². The second-order valence-electron chi connectivity index (χ2n) is 5.25. The number of rotatable bonds is 1. The number of hydrogen-bond donors (Lipinski definition) is 0. The van der Waals surface area contributed by atoms with Crippen LogP contribution in [0.15, 0.2) is 36.4 Å². The summed E-state index contributed by atoms with van der Waals surface area (Å²) in [5, 5.41) is 11.8. The quantitative estimate of drug-likeness (QED) is 0.715. The van der Waals surface area contributed by atoms with Gasteiger partial charge in [0.15, 0.2) is 0 Å². The van der Waals surface area contributed by atoms with Gasteiger partial charge in [-0.25, -0.2) is 0 Å². The molecule has 0 heterocycles. The smallest absolute Gasteiger partial charge is 0.0851 e. The largest absolute Gasteiger partial charge is 0.197 e. The Morgan fingerprint density at radius 2 is 1.82 bits per heavy atom. The monoisotopic (exact) mass is 221 g/mol. The first-order valence-electron chi connectivity index (χ1n) is 6.08. The minimum absolute atomic E-state index is 0.209. The lowest BCUT2D eigenvalue weighted by atomic mass is 9.92. The standard InChI is InChI=1S/C16H15N/c1-11-3-4-14-8-15(6-5-13(14)7-11)16(10-17)9-12(16)2/h3-8,12H,9H2,1-2H3. The van der Waals surface area contributed by atoms with Gasteiger partial charge in [0.05, 0.1) is 11.5 Å². The zero-order valence-electron chi connectivity index (χ0n) is 10.2. The van der Waals surface area contributed by atoms with Crippen LogP contribution in [0.3, 0.4) is 0 Å². The Morgan fingerprint density at radius 1 is 1.18 bits per heavy atom. The maximum absolute atomic E-state index is 9.35. The summed E-state index contributed by atoms with van der Waals surface area (Å²) >= 11 is 0. The highest BCUT2D eigenvalue weighted by molar-refractivity contribution is 5.84. The molecule has 0 bridgehead atoms. The Kier molecular flexibility index (Phi) is 2.03. The van der Waals surface area contributed by atoms with Crippen molar-refractivity contribution in [3.8, 4) is 6.07 Å². The van der Waals surface area contributed by atoms with E-state index in [9.17, 15) is 5.26 Å². The Labute approximate surface area is 102 Å². The summed E-state index contributed by atoms with van der Waals surface area (Å²) in [7, 11) is 0. The van der Waals surface area contributed by atoms with Crippen LogP contribution in [0.2, 0.25) is 0 Å². The molecule has 0 saturated heterocycles. The molecule has 2 atom stereocenters. The molecule has 2 aromatic rings. The van der Waals surface area contributed by atoms with Crippen LogP contribution in [0.25, 0.3) is 10.8 Å². The van der Waals surface area contributed by atoms with Crippen molar-refractivity contribution in [2.24, 2.45) is 5.92 Å². The van der Waals surface area contributed by atoms with Crippen molar-refractivity contribution in [2.75, 3.05) is 0 Å². The normalized spacial score (nSPS) is 26.8. The van der Waals surface area contributed by atoms with Gasteiger partial charge in [0.2, 0.25) is 0 Å². The van der Waals surface area contributed by atoms with E-state index in [4.69, 9.17) is 0 Å². The molecule has 1 nitrogen and oxygen atoms in total. The fourth-order valence-electron chi connectivity index (χ4n) is 2.69. The van der Waals surface area contributed by atoms with Gasteiger partial charge in [-0.2, -0.15) is 5.26 Å². The topological polar surface area (TPSA) is 23.8 Å².